The molecule has 2 heterocycles. The highest BCUT2D eigenvalue weighted by atomic mass is 19.1. The van der Waals surface area contributed by atoms with Gasteiger partial charge in [0.25, 0.3) is 5.91 Å². The average molecular weight is 389 g/mol. The topological polar surface area (TPSA) is 102 Å². The van der Waals surface area contributed by atoms with Crippen molar-refractivity contribution >= 4 is 11.9 Å². The van der Waals surface area contributed by atoms with Gasteiger partial charge in [-0.25, -0.2) is 9.18 Å². The van der Waals surface area contributed by atoms with E-state index in [1.54, 1.807) is 15.6 Å². The molecule has 8 nitrogen and oxygen atoms in total. The molecule has 0 unspecified atom stereocenters. The van der Waals surface area contributed by atoms with Gasteiger partial charge in [0.15, 0.2) is 0 Å². The molecule has 1 aliphatic rings. The van der Waals surface area contributed by atoms with Crippen LogP contribution in [0, 0.1) is 5.82 Å². The van der Waals surface area contributed by atoms with Gasteiger partial charge in [-0.1, -0.05) is 0 Å². The third-order valence-electron chi connectivity index (χ3n) is 4.38. The third kappa shape index (κ3) is 3.92. The van der Waals surface area contributed by atoms with Crippen molar-refractivity contribution in [3.05, 3.63) is 35.3 Å². The summed E-state index contributed by atoms with van der Waals surface area (Å²) in [7, 11) is 1.43. The van der Waals surface area contributed by atoms with E-state index in [-0.39, 0.29) is 29.4 Å². The molecule has 2 aromatic rings. The Morgan fingerprint density at radius 2 is 1.96 bits per heavy atom. The minimum Gasteiger partial charge on any atom is -0.497 e. The number of rotatable bonds is 3. The number of methoxy groups -OCH3 is 1. The maximum Gasteiger partial charge on any atom is 0.318 e. The van der Waals surface area contributed by atoms with Gasteiger partial charge in [0.1, 0.15) is 17.3 Å². The molecular formula is C19H24FN5O3. The number of fused-ring (bicyclic) bond motifs is 1. The number of nitrogens with two attached hydrogens (primary N) is 1. The lowest BCUT2D eigenvalue weighted by Gasteiger charge is -2.31. The Balaban J connectivity index is 2.01. The highest BCUT2D eigenvalue weighted by Crippen LogP contribution is 2.31. The predicted octanol–water partition coefficient (Wildman–Crippen LogP) is 2.12. The van der Waals surface area contributed by atoms with Crippen LogP contribution >= 0.6 is 0 Å². The zero-order chi connectivity index (χ0) is 20.6. The van der Waals surface area contributed by atoms with Crippen LogP contribution in [-0.2, 0) is 13.1 Å². The fourth-order valence-corrected chi connectivity index (χ4v) is 3.17. The number of nitrogens with zero attached hydrogens (tertiary/aromatic N) is 3. The molecule has 150 valence electrons. The zero-order valence-electron chi connectivity index (χ0n) is 16.4. The Bertz CT molecular complexity index is 932. The van der Waals surface area contributed by atoms with Gasteiger partial charge in [0, 0.05) is 23.7 Å². The Morgan fingerprint density at radius 3 is 2.57 bits per heavy atom. The number of hydrogen-bond donors (Lipinski definition) is 2. The van der Waals surface area contributed by atoms with Gasteiger partial charge in [0.05, 0.1) is 31.5 Å². The summed E-state index contributed by atoms with van der Waals surface area (Å²) in [5.41, 5.74) is 6.61. The van der Waals surface area contributed by atoms with E-state index >= 15 is 0 Å². The fourth-order valence-electron chi connectivity index (χ4n) is 3.17. The third-order valence-corrected chi connectivity index (χ3v) is 4.38. The van der Waals surface area contributed by atoms with E-state index in [4.69, 9.17) is 10.5 Å². The maximum absolute atomic E-state index is 14.0. The average Bonchev–Trinajstić information content (AvgIpc) is 2.98. The molecule has 0 atom stereocenters. The molecule has 0 fully saturated rings. The molecule has 1 aromatic carbocycles. The first kappa shape index (κ1) is 19.7. The van der Waals surface area contributed by atoms with Crippen LogP contribution in [0.15, 0.2) is 18.2 Å². The molecule has 1 aromatic heterocycles. The summed E-state index contributed by atoms with van der Waals surface area (Å²) in [5.74, 6) is -0.887. The number of carbonyl (C=O) groups excluding carboxylic acids is 2. The van der Waals surface area contributed by atoms with E-state index in [1.165, 1.54) is 19.2 Å². The molecule has 0 bridgehead atoms. The van der Waals surface area contributed by atoms with Crippen LogP contribution in [0.4, 0.5) is 9.18 Å². The lowest BCUT2D eigenvalue weighted by molar-refractivity contribution is 0.0997. The van der Waals surface area contributed by atoms with Gasteiger partial charge in [-0.3, -0.25) is 9.48 Å². The highest BCUT2D eigenvalue weighted by Gasteiger charge is 2.30. The molecule has 0 saturated carbocycles. The molecule has 0 saturated heterocycles. The van der Waals surface area contributed by atoms with E-state index in [0.717, 1.165) is 0 Å². The van der Waals surface area contributed by atoms with Crippen molar-refractivity contribution in [3.63, 3.8) is 0 Å². The van der Waals surface area contributed by atoms with Gasteiger partial charge in [0.2, 0.25) is 0 Å². The molecule has 3 amide bonds. The first-order valence-corrected chi connectivity index (χ1v) is 8.90. The van der Waals surface area contributed by atoms with Gasteiger partial charge < -0.3 is 20.7 Å². The van der Waals surface area contributed by atoms with Crippen LogP contribution in [0.25, 0.3) is 11.3 Å². The second kappa shape index (κ2) is 7.14. The molecule has 3 rings (SSSR count). The first-order chi connectivity index (χ1) is 13.1. The second-order valence-electron chi connectivity index (χ2n) is 7.74. The van der Waals surface area contributed by atoms with Crippen molar-refractivity contribution in [2.24, 2.45) is 5.73 Å². The fraction of sp³-hybridized carbons (Fsp3) is 0.421. The summed E-state index contributed by atoms with van der Waals surface area (Å²) < 4.78 is 20.7. The van der Waals surface area contributed by atoms with Gasteiger partial charge in [-0.05, 0) is 32.9 Å². The predicted molar refractivity (Wildman–Crippen MR) is 101 cm³/mol. The van der Waals surface area contributed by atoms with Crippen molar-refractivity contribution in [2.75, 3.05) is 13.7 Å². The molecule has 0 aliphatic carbocycles. The van der Waals surface area contributed by atoms with Crippen LogP contribution in [0.1, 0.15) is 36.8 Å². The lowest BCUT2D eigenvalue weighted by Crippen LogP contribution is -2.50. The monoisotopic (exact) mass is 389 g/mol. The summed E-state index contributed by atoms with van der Waals surface area (Å²) in [6.45, 7) is 6.69. The smallest absolute Gasteiger partial charge is 0.318 e. The number of primary amides is 1. The van der Waals surface area contributed by atoms with Crippen molar-refractivity contribution in [3.8, 4) is 17.0 Å². The SMILES string of the molecule is COc1cc(F)cc(-c2nn3c(c2C(N)=O)CN(C(=O)NC(C)(C)C)CC3)c1. The number of benzene rings is 1. The Hall–Kier alpha value is -3.10. The number of nitrogens with one attached hydrogen (secondary N) is 1. The summed E-state index contributed by atoms with van der Waals surface area (Å²) in [5, 5.41) is 7.37. The van der Waals surface area contributed by atoms with Crippen LogP contribution in [0.3, 0.4) is 0 Å². The molecular weight excluding hydrogens is 365 g/mol. The number of aromatic nitrogens is 2. The first-order valence-electron chi connectivity index (χ1n) is 8.90. The molecule has 28 heavy (non-hydrogen) atoms. The van der Waals surface area contributed by atoms with E-state index in [2.05, 4.69) is 10.4 Å². The van der Waals surface area contributed by atoms with E-state index in [9.17, 15) is 14.0 Å². The maximum atomic E-state index is 14.0. The Kier molecular flexibility index (Phi) is 5.01. The minimum atomic E-state index is -0.683. The van der Waals surface area contributed by atoms with Crippen molar-refractivity contribution in [2.45, 2.75) is 39.4 Å². The number of halogens is 1. The molecule has 0 radical (unpaired) electrons. The second-order valence-corrected chi connectivity index (χ2v) is 7.74. The van der Waals surface area contributed by atoms with Crippen LogP contribution in [0.2, 0.25) is 0 Å². The van der Waals surface area contributed by atoms with E-state index < -0.39 is 11.7 Å². The van der Waals surface area contributed by atoms with Crippen molar-refractivity contribution < 1.29 is 18.7 Å². The number of carbonyl (C=O) groups is 2. The van der Waals surface area contributed by atoms with Gasteiger partial charge >= 0.3 is 6.03 Å². The van der Waals surface area contributed by atoms with Crippen molar-refractivity contribution in [1.29, 1.82) is 0 Å². The highest BCUT2D eigenvalue weighted by molar-refractivity contribution is 6.00. The summed E-state index contributed by atoms with van der Waals surface area (Å²) in [6, 6.07) is 3.87. The normalized spacial score (nSPS) is 13.8. The van der Waals surface area contributed by atoms with E-state index in [0.29, 0.717) is 30.1 Å². The number of urea groups is 1. The Labute approximate surface area is 162 Å². The number of ether oxygens (including phenoxy) is 1. The van der Waals surface area contributed by atoms with Crippen LogP contribution < -0.4 is 15.8 Å². The van der Waals surface area contributed by atoms with Crippen LogP contribution in [0.5, 0.6) is 5.75 Å². The van der Waals surface area contributed by atoms with Crippen molar-refractivity contribution in [1.82, 2.24) is 20.0 Å². The molecule has 9 heteroatoms. The number of amides is 3. The summed E-state index contributed by atoms with van der Waals surface area (Å²) in [4.78, 5) is 26.3. The molecule has 0 spiro atoms. The van der Waals surface area contributed by atoms with Crippen LogP contribution in [-0.4, -0.2) is 45.8 Å². The zero-order valence-corrected chi connectivity index (χ0v) is 16.4. The summed E-state index contributed by atoms with van der Waals surface area (Å²) >= 11 is 0. The minimum absolute atomic E-state index is 0.180. The standard InChI is InChI=1S/C19H24FN5O3/c1-19(2,3)22-18(27)24-5-6-25-14(10-24)15(17(21)26)16(23-25)11-7-12(20)9-13(8-11)28-4/h7-9H,5-6,10H2,1-4H3,(H2,21,26)(H,22,27). The summed E-state index contributed by atoms with van der Waals surface area (Å²) in [6.07, 6.45) is 0. The van der Waals surface area contributed by atoms with E-state index in [1.807, 2.05) is 20.8 Å². The van der Waals surface area contributed by atoms with Gasteiger partial charge in [-0.15, -0.1) is 0 Å². The quantitative estimate of drug-likeness (QED) is 0.839. The lowest BCUT2D eigenvalue weighted by atomic mass is 10.0. The van der Waals surface area contributed by atoms with Gasteiger partial charge in [-0.2, -0.15) is 5.10 Å². The number of hydrogen-bond acceptors (Lipinski definition) is 4. The Morgan fingerprint density at radius 1 is 1.25 bits per heavy atom. The molecule has 1 aliphatic heterocycles. The molecule has 3 N–H and O–H groups in total. The largest absolute Gasteiger partial charge is 0.497 e.